The van der Waals surface area contributed by atoms with Crippen molar-refractivity contribution in [2.24, 2.45) is 0 Å². The lowest BCUT2D eigenvalue weighted by atomic mass is 10.2. The van der Waals surface area contributed by atoms with Crippen molar-refractivity contribution in [3.63, 3.8) is 0 Å². The molecule has 0 bridgehead atoms. The van der Waals surface area contributed by atoms with Gasteiger partial charge in [0.2, 0.25) is 10.0 Å². The molecule has 128 valence electrons. The Hall–Kier alpha value is -2.52. The highest BCUT2D eigenvalue weighted by molar-refractivity contribution is 7.89. The first-order chi connectivity index (χ1) is 11.3. The molecule has 0 amide bonds. The van der Waals surface area contributed by atoms with Crippen LogP contribution in [0, 0.1) is 10.1 Å². The number of nitrogens with one attached hydrogen (secondary N) is 2. The Labute approximate surface area is 140 Å². The van der Waals surface area contributed by atoms with E-state index in [-0.39, 0.29) is 28.9 Å². The third kappa shape index (κ3) is 4.49. The molecule has 2 rings (SSSR count). The zero-order valence-electron chi connectivity index (χ0n) is 13.3. The Morgan fingerprint density at radius 1 is 1.25 bits per heavy atom. The van der Waals surface area contributed by atoms with Gasteiger partial charge in [0.05, 0.1) is 22.1 Å². The molecule has 24 heavy (non-hydrogen) atoms. The van der Waals surface area contributed by atoms with Gasteiger partial charge in [-0.1, -0.05) is 6.07 Å². The van der Waals surface area contributed by atoms with Gasteiger partial charge in [-0.3, -0.25) is 15.1 Å². The molecule has 0 unspecified atom stereocenters. The molecule has 0 radical (unpaired) electrons. The molecule has 0 spiro atoms. The van der Waals surface area contributed by atoms with Gasteiger partial charge >= 0.3 is 0 Å². The average molecular weight is 350 g/mol. The van der Waals surface area contributed by atoms with E-state index in [0.717, 1.165) is 6.07 Å². The number of hydrogen-bond acceptors (Lipinski definition) is 6. The van der Waals surface area contributed by atoms with Crippen molar-refractivity contribution < 1.29 is 13.3 Å². The van der Waals surface area contributed by atoms with Crippen LogP contribution in [0.25, 0.3) is 0 Å². The third-order valence-electron chi connectivity index (χ3n) is 3.05. The van der Waals surface area contributed by atoms with Crippen molar-refractivity contribution in [2.45, 2.75) is 31.3 Å². The van der Waals surface area contributed by atoms with Crippen LogP contribution in [0.4, 0.5) is 11.4 Å². The number of hydrogen-bond donors (Lipinski definition) is 2. The number of pyridine rings is 1. The monoisotopic (exact) mass is 350 g/mol. The van der Waals surface area contributed by atoms with Crippen LogP contribution in [-0.4, -0.2) is 24.4 Å². The lowest BCUT2D eigenvalue weighted by Gasteiger charge is -2.11. The highest BCUT2D eigenvalue weighted by atomic mass is 32.2. The Kier molecular flexibility index (Phi) is 5.47. The van der Waals surface area contributed by atoms with Crippen LogP contribution in [0.3, 0.4) is 0 Å². The summed E-state index contributed by atoms with van der Waals surface area (Å²) < 4.78 is 26.7. The first kappa shape index (κ1) is 17.8. The predicted octanol–water partition coefficient (Wildman–Crippen LogP) is 2.29. The summed E-state index contributed by atoms with van der Waals surface area (Å²) >= 11 is 0. The van der Waals surface area contributed by atoms with Crippen LogP contribution in [0.5, 0.6) is 0 Å². The topological polar surface area (TPSA) is 114 Å². The van der Waals surface area contributed by atoms with Gasteiger partial charge in [-0.05, 0) is 38.1 Å². The van der Waals surface area contributed by atoms with E-state index in [2.05, 4.69) is 15.0 Å². The van der Waals surface area contributed by atoms with E-state index in [1.54, 1.807) is 32.2 Å². The molecule has 9 heteroatoms. The number of nitrogens with zero attached hydrogens (tertiary/aromatic N) is 2. The van der Waals surface area contributed by atoms with Gasteiger partial charge in [0.1, 0.15) is 5.69 Å². The molecule has 2 N–H and O–H groups in total. The molecule has 0 aliphatic carbocycles. The summed E-state index contributed by atoms with van der Waals surface area (Å²) in [5, 5.41) is 14.2. The van der Waals surface area contributed by atoms with Crippen LogP contribution in [-0.2, 0) is 16.6 Å². The highest BCUT2D eigenvalue weighted by Gasteiger charge is 2.22. The molecule has 8 nitrogen and oxygen atoms in total. The minimum Gasteiger partial charge on any atom is -0.374 e. The summed E-state index contributed by atoms with van der Waals surface area (Å²) in [7, 11) is -3.79. The Morgan fingerprint density at radius 2 is 2.00 bits per heavy atom. The van der Waals surface area contributed by atoms with Crippen LogP contribution in [0.2, 0.25) is 0 Å². The molecule has 1 aromatic heterocycles. The summed E-state index contributed by atoms with van der Waals surface area (Å²) in [6, 6.07) is 8.82. The smallest absolute Gasteiger partial charge is 0.293 e. The summed E-state index contributed by atoms with van der Waals surface area (Å²) in [4.78, 5) is 14.6. The van der Waals surface area contributed by atoms with E-state index in [4.69, 9.17) is 0 Å². The quantitative estimate of drug-likeness (QED) is 0.585. The molecular weight excluding hydrogens is 332 g/mol. The number of nitro benzene ring substituents is 1. The van der Waals surface area contributed by atoms with Crippen molar-refractivity contribution in [1.82, 2.24) is 9.71 Å². The predicted molar refractivity (Wildman–Crippen MR) is 90.1 cm³/mol. The average Bonchev–Trinajstić information content (AvgIpc) is 2.52. The maximum absolute atomic E-state index is 12.1. The van der Waals surface area contributed by atoms with E-state index in [1.165, 1.54) is 12.1 Å². The van der Waals surface area contributed by atoms with E-state index in [9.17, 15) is 18.5 Å². The zero-order chi connectivity index (χ0) is 17.7. The fourth-order valence-electron chi connectivity index (χ4n) is 2.05. The largest absolute Gasteiger partial charge is 0.374 e. The first-order valence-electron chi connectivity index (χ1n) is 7.24. The number of sulfonamides is 1. The number of aromatic nitrogens is 1. The number of rotatable bonds is 7. The summed E-state index contributed by atoms with van der Waals surface area (Å²) in [6.07, 6.45) is 1.62. The van der Waals surface area contributed by atoms with E-state index in [1.807, 2.05) is 6.07 Å². The van der Waals surface area contributed by atoms with Crippen LogP contribution in [0.1, 0.15) is 19.5 Å². The van der Waals surface area contributed by atoms with Crippen LogP contribution < -0.4 is 10.0 Å². The van der Waals surface area contributed by atoms with Gasteiger partial charge in [0.15, 0.2) is 0 Å². The highest BCUT2D eigenvalue weighted by Crippen LogP contribution is 2.28. The van der Waals surface area contributed by atoms with Crippen molar-refractivity contribution in [3.05, 3.63) is 58.4 Å². The molecule has 0 fully saturated rings. The fourth-order valence-corrected chi connectivity index (χ4v) is 3.32. The van der Waals surface area contributed by atoms with E-state index < -0.39 is 14.9 Å². The summed E-state index contributed by atoms with van der Waals surface area (Å²) in [5.74, 6) is 0. The third-order valence-corrected chi connectivity index (χ3v) is 4.71. The van der Waals surface area contributed by atoms with Gasteiger partial charge in [0, 0.05) is 18.3 Å². The van der Waals surface area contributed by atoms with Crippen LogP contribution in [0.15, 0.2) is 47.5 Å². The second kappa shape index (κ2) is 7.37. The molecule has 0 atom stereocenters. The Morgan fingerprint density at radius 3 is 2.58 bits per heavy atom. The molecule has 0 saturated heterocycles. The number of benzene rings is 1. The SMILES string of the molecule is CC(C)NS(=O)(=O)c1ccc(NCc2ccccn2)c([N+](=O)[O-])c1. The van der Waals surface area contributed by atoms with Gasteiger partial charge in [-0.15, -0.1) is 0 Å². The van der Waals surface area contributed by atoms with Gasteiger partial charge in [-0.25, -0.2) is 13.1 Å². The molecule has 2 aromatic rings. The molecule has 0 saturated carbocycles. The Balaban J connectivity index is 2.29. The maximum Gasteiger partial charge on any atom is 0.293 e. The lowest BCUT2D eigenvalue weighted by Crippen LogP contribution is -2.30. The minimum atomic E-state index is -3.79. The van der Waals surface area contributed by atoms with Crippen molar-refractivity contribution in [1.29, 1.82) is 0 Å². The molecule has 1 heterocycles. The van der Waals surface area contributed by atoms with Gasteiger partial charge < -0.3 is 5.32 Å². The Bertz CT molecular complexity index is 823. The standard InChI is InChI=1S/C15H18N4O4S/c1-11(2)18-24(22,23)13-6-7-14(15(9-13)19(20)21)17-10-12-5-3-4-8-16-12/h3-9,11,17-18H,10H2,1-2H3. The number of nitro groups is 1. The van der Waals surface area contributed by atoms with Crippen molar-refractivity contribution in [3.8, 4) is 0 Å². The normalized spacial score (nSPS) is 11.5. The maximum atomic E-state index is 12.1. The van der Waals surface area contributed by atoms with E-state index >= 15 is 0 Å². The lowest BCUT2D eigenvalue weighted by molar-refractivity contribution is -0.384. The molecule has 0 aliphatic heterocycles. The summed E-state index contributed by atoms with van der Waals surface area (Å²) in [6.45, 7) is 3.64. The van der Waals surface area contributed by atoms with Crippen molar-refractivity contribution >= 4 is 21.4 Å². The fraction of sp³-hybridized carbons (Fsp3) is 0.267. The molecule has 0 aliphatic rings. The van der Waals surface area contributed by atoms with Crippen LogP contribution >= 0.6 is 0 Å². The number of anilines is 1. The zero-order valence-corrected chi connectivity index (χ0v) is 14.1. The second-order valence-corrected chi connectivity index (χ2v) is 7.10. The van der Waals surface area contributed by atoms with Crippen molar-refractivity contribution in [2.75, 3.05) is 5.32 Å². The minimum absolute atomic E-state index is 0.147. The molecular formula is C15H18N4O4S. The van der Waals surface area contributed by atoms with Gasteiger partial charge in [-0.2, -0.15) is 0 Å². The van der Waals surface area contributed by atoms with Gasteiger partial charge in [0.25, 0.3) is 5.69 Å². The molecule has 1 aromatic carbocycles. The second-order valence-electron chi connectivity index (χ2n) is 5.39. The first-order valence-corrected chi connectivity index (χ1v) is 8.72. The van der Waals surface area contributed by atoms with E-state index in [0.29, 0.717) is 5.69 Å². The summed E-state index contributed by atoms with van der Waals surface area (Å²) in [5.41, 5.74) is 0.636.